The summed E-state index contributed by atoms with van der Waals surface area (Å²) in [5.41, 5.74) is 0.609. The van der Waals surface area contributed by atoms with Gasteiger partial charge in [-0.05, 0) is 42.1 Å². The topological polar surface area (TPSA) is 76.8 Å². The van der Waals surface area contributed by atoms with E-state index in [0.717, 1.165) is 16.7 Å². The van der Waals surface area contributed by atoms with Crippen molar-refractivity contribution in [3.8, 4) is 11.3 Å². The molecule has 134 valence electrons. The van der Waals surface area contributed by atoms with Crippen molar-refractivity contribution in [1.29, 1.82) is 0 Å². The summed E-state index contributed by atoms with van der Waals surface area (Å²) >= 11 is 12.8. The zero-order valence-electron chi connectivity index (χ0n) is 13.3. The molecule has 1 saturated heterocycles. The van der Waals surface area contributed by atoms with E-state index in [-0.39, 0.29) is 4.91 Å². The number of benzene rings is 1. The van der Waals surface area contributed by atoms with Gasteiger partial charge in [-0.1, -0.05) is 23.2 Å². The summed E-state index contributed by atoms with van der Waals surface area (Å²) in [7, 11) is 1.18. The van der Waals surface area contributed by atoms with Crippen molar-refractivity contribution in [3.63, 3.8) is 0 Å². The van der Waals surface area contributed by atoms with E-state index in [1.54, 1.807) is 30.3 Å². The summed E-state index contributed by atoms with van der Waals surface area (Å²) in [5, 5.41) is 0.427. The third-order valence-corrected chi connectivity index (χ3v) is 4.95. The Labute approximate surface area is 162 Å². The molecular weight excluding hydrogens is 401 g/mol. The monoisotopic (exact) mass is 411 g/mol. The molecule has 0 saturated carbocycles. The number of hydrogen-bond acceptors (Lipinski definition) is 6. The highest BCUT2D eigenvalue weighted by Gasteiger charge is 2.36. The Morgan fingerprint density at radius 2 is 2.04 bits per heavy atom. The van der Waals surface area contributed by atoms with Crippen LogP contribution in [0.3, 0.4) is 0 Å². The van der Waals surface area contributed by atoms with Crippen molar-refractivity contribution in [1.82, 2.24) is 4.90 Å². The van der Waals surface area contributed by atoms with Crippen molar-refractivity contribution in [3.05, 3.63) is 51.0 Å². The number of rotatable bonds is 4. The second kappa shape index (κ2) is 7.57. The summed E-state index contributed by atoms with van der Waals surface area (Å²) in [6.07, 6.45) is 1.43. The first kappa shape index (κ1) is 18.6. The third-order valence-electron chi connectivity index (χ3n) is 3.48. The smallest absolute Gasteiger partial charge is 0.325 e. The highest BCUT2D eigenvalue weighted by atomic mass is 35.5. The zero-order chi connectivity index (χ0) is 18.8. The van der Waals surface area contributed by atoms with Crippen LogP contribution >= 0.6 is 35.0 Å². The SMILES string of the molecule is COC(=O)CN1C(=O)S/C(=C\c2ccc(-c3cc(Cl)ccc3Cl)o2)C1=O. The van der Waals surface area contributed by atoms with Gasteiger partial charge in [-0.2, -0.15) is 0 Å². The minimum absolute atomic E-state index is 0.150. The lowest BCUT2D eigenvalue weighted by Gasteiger charge is -2.09. The molecule has 6 nitrogen and oxygen atoms in total. The van der Waals surface area contributed by atoms with Gasteiger partial charge in [0.1, 0.15) is 18.1 Å². The van der Waals surface area contributed by atoms with Crippen LogP contribution in [0, 0.1) is 0 Å². The van der Waals surface area contributed by atoms with Crippen LogP contribution in [-0.4, -0.2) is 35.7 Å². The van der Waals surface area contributed by atoms with Crippen LogP contribution in [0.25, 0.3) is 17.4 Å². The summed E-state index contributed by atoms with van der Waals surface area (Å²) in [6, 6.07) is 8.30. The van der Waals surface area contributed by atoms with Gasteiger partial charge in [0.15, 0.2) is 0 Å². The highest BCUT2D eigenvalue weighted by Crippen LogP contribution is 2.35. The van der Waals surface area contributed by atoms with Crippen LogP contribution in [0.4, 0.5) is 4.79 Å². The summed E-state index contributed by atoms with van der Waals surface area (Å²) in [5.74, 6) is -0.425. The molecular formula is C17H11Cl2NO5S. The van der Waals surface area contributed by atoms with Crippen LogP contribution in [0.2, 0.25) is 10.0 Å². The summed E-state index contributed by atoms with van der Waals surface area (Å²) in [6.45, 7) is -0.431. The van der Waals surface area contributed by atoms with Crippen molar-refractivity contribution in [2.45, 2.75) is 0 Å². The Morgan fingerprint density at radius 1 is 1.27 bits per heavy atom. The molecule has 1 fully saturated rings. The number of methoxy groups -OCH3 is 1. The number of halogens is 2. The fourth-order valence-corrected chi connectivity index (χ4v) is 3.42. The first-order chi connectivity index (χ1) is 12.4. The van der Waals surface area contributed by atoms with Crippen molar-refractivity contribution < 1.29 is 23.5 Å². The Bertz CT molecular complexity index is 937. The minimum atomic E-state index is -0.676. The van der Waals surface area contributed by atoms with E-state index in [0.29, 0.717) is 27.1 Å². The number of amides is 2. The molecule has 9 heteroatoms. The van der Waals surface area contributed by atoms with Crippen LogP contribution in [0.5, 0.6) is 0 Å². The number of carbonyl (C=O) groups excluding carboxylic acids is 3. The lowest BCUT2D eigenvalue weighted by molar-refractivity contribution is -0.143. The van der Waals surface area contributed by atoms with E-state index in [2.05, 4.69) is 4.74 Å². The maximum absolute atomic E-state index is 12.3. The van der Waals surface area contributed by atoms with Gasteiger partial charge in [0.2, 0.25) is 0 Å². The van der Waals surface area contributed by atoms with Crippen LogP contribution < -0.4 is 0 Å². The predicted octanol–water partition coefficient (Wildman–Crippen LogP) is 4.46. The van der Waals surface area contributed by atoms with E-state index < -0.39 is 23.7 Å². The first-order valence-electron chi connectivity index (χ1n) is 7.26. The molecule has 1 aromatic carbocycles. The van der Waals surface area contributed by atoms with Gasteiger partial charge in [-0.15, -0.1) is 0 Å². The maximum atomic E-state index is 12.3. The van der Waals surface area contributed by atoms with Gasteiger partial charge >= 0.3 is 5.97 Å². The molecule has 1 aromatic heterocycles. The van der Waals surface area contributed by atoms with E-state index in [1.807, 2.05) is 0 Å². The van der Waals surface area contributed by atoms with Gasteiger partial charge in [0, 0.05) is 16.7 Å². The Kier molecular flexibility index (Phi) is 5.41. The van der Waals surface area contributed by atoms with E-state index in [4.69, 9.17) is 27.6 Å². The molecule has 0 spiro atoms. The second-order valence-corrected chi connectivity index (χ2v) is 7.01. The van der Waals surface area contributed by atoms with E-state index >= 15 is 0 Å². The third kappa shape index (κ3) is 3.80. The minimum Gasteiger partial charge on any atom is -0.468 e. The standard InChI is InChI=1S/C17H11Cl2NO5S/c1-24-15(21)8-20-16(22)14(26-17(20)23)7-10-3-5-13(25-10)11-6-9(18)2-4-12(11)19/h2-7H,8H2,1H3/b14-7-. The van der Waals surface area contributed by atoms with Crippen molar-refractivity contribution in [2.75, 3.05) is 13.7 Å². The molecule has 0 unspecified atom stereocenters. The number of nitrogens with zero attached hydrogens (tertiary/aromatic N) is 1. The number of esters is 1. The number of imide groups is 1. The molecule has 0 atom stereocenters. The quantitative estimate of drug-likeness (QED) is 0.545. The van der Waals surface area contributed by atoms with Crippen molar-refractivity contribution >= 4 is 58.2 Å². The van der Waals surface area contributed by atoms with Gasteiger partial charge in [0.05, 0.1) is 17.0 Å². The van der Waals surface area contributed by atoms with Crippen molar-refractivity contribution in [2.24, 2.45) is 0 Å². The van der Waals surface area contributed by atoms with Gasteiger partial charge < -0.3 is 9.15 Å². The van der Waals surface area contributed by atoms with E-state index in [1.165, 1.54) is 13.2 Å². The second-order valence-electron chi connectivity index (χ2n) is 5.17. The zero-order valence-corrected chi connectivity index (χ0v) is 15.7. The number of carbonyl (C=O) groups is 3. The lowest BCUT2D eigenvalue weighted by atomic mass is 10.2. The Morgan fingerprint density at radius 3 is 2.77 bits per heavy atom. The highest BCUT2D eigenvalue weighted by molar-refractivity contribution is 8.18. The molecule has 0 N–H and O–H groups in total. The largest absolute Gasteiger partial charge is 0.468 e. The summed E-state index contributed by atoms with van der Waals surface area (Å²) < 4.78 is 10.2. The first-order valence-corrected chi connectivity index (χ1v) is 8.83. The normalized spacial score (nSPS) is 15.8. The van der Waals surface area contributed by atoms with E-state index in [9.17, 15) is 14.4 Å². The number of furan rings is 1. The van der Waals surface area contributed by atoms with Gasteiger partial charge in [0.25, 0.3) is 11.1 Å². The fraction of sp³-hybridized carbons (Fsp3) is 0.118. The molecule has 26 heavy (non-hydrogen) atoms. The van der Waals surface area contributed by atoms with Crippen LogP contribution in [0.15, 0.2) is 39.7 Å². The number of thioether (sulfide) groups is 1. The molecule has 0 bridgehead atoms. The average Bonchev–Trinajstić information content (AvgIpc) is 3.17. The van der Waals surface area contributed by atoms with Gasteiger partial charge in [-0.25, -0.2) is 0 Å². The molecule has 2 amide bonds. The maximum Gasteiger partial charge on any atom is 0.325 e. The average molecular weight is 412 g/mol. The number of hydrogen-bond donors (Lipinski definition) is 0. The molecule has 0 radical (unpaired) electrons. The number of ether oxygens (including phenoxy) is 1. The van der Waals surface area contributed by atoms with Crippen LogP contribution in [0.1, 0.15) is 5.76 Å². The molecule has 1 aliphatic heterocycles. The molecule has 2 heterocycles. The molecule has 0 aliphatic carbocycles. The molecule has 1 aliphatic rings. The molecule has 2 aromatic rings. The fourth-order valence-electron chi connectivity index (χ4n) is 2.22. The predicted molar refractivity (Wildman–Crippen MR) is 98.9 cm³/mol. The Balaban J connectivity index is 1.84. The summed E-state index contributed by atoms with van der Waals surface area (Å²) in [4.78, 5) is 36.5. The lowest BCUT2D eigenvalue weighted by Crippen LogP contribution is -2.34. The van der Waals surface area contributed by atoms with Crippen LogP contribution in [-0.2, 0) is 14.3 Å². The van der Waals surface area contributed by atoms with Gasteiger partial charge in [-0.3, -0.25) is 19.3 Å². The molecule has 3 rings (SSSR count). The Hall–Kier alpha value is -2.22.